The summed E-state index contributed by atoms with van der Waals surface area (Å²) in [5.74, 6) is -7.84. The van der Waals surface area contributed by atoms with E-state index in [0.717, 1.165) is 44.4 Å². The molecule has 574 valence electrons. The highest BCUT2D eigenvalue weighted by molar-refractivity contribution is 6.34. The van der Waals surface area contributed by atoms with Crippen molar-refractivity contribution in [1.82, 2.24) is 44.9 Å². The molecular formula is C77H76Cl3F10N9O9. The lowest BCUT2D eigenvalue weighted by atomic mass is 9.77. The van der Waals surface area contributed by atoms with Crippen LogP contribution in [0, 0.1) is 30.6 Å². The molecule has 6 aromatic carbocycles. The van der Waals surface area contributed by atoms with Gasteiger partial charge in [-0.2, -0.15) is 41.3 Å². The van der Waals surface area contributed by atoms with Crippen LogP contribution in [0.15, 0.2) is 136 Å². The van der Waals surface area contributed by atoms with Crippen LogP contribution in [0.1, 0.15) is 115 Å². The van der Waals surface area contributed by atoms with Gasteiger partial charge in [0, 0.05) is 73.6 Å². The Balaban J connectivity index is 0.000000205. The maximum atomic E-state index is 13.9. The fourth-order valence-corrected chi connectivity index (χ4v) is 11.1. The number of Topliss-reactive ketones (excluding diaryl/α,β-unsaturated/α-hetero) is 3. The van der Waals surface area contributed by atoms with Crippen LogP contribution in [0.25, 0.3) is 68.3 Å². The molecule has 108 heavy (non-hydrogen) atoms. The van der Waals surface area contributed by atoms with Gasteiger partial charge in [0.05, 0.1) is 33.7 Å². The Morgan fingerprint density at radius 1 is 0.463 bits per heavy atom. The molecule has 3 heterocycles. The third-order valence-corrected chi connectivity index (χ3v) is 19.6. The van der Waals surface area contributed by atoms with E-state index in [1.807, 2.05) is 39.0 Å². The second-order valence-electron chi connectivity index (χ2n) is 26.9. The predicted molar refractivity (Wildman–Crippen MR) is 390 cm³/mol. The highest BCUT2D eigenvalue weighted by Crippen LogP contribution is 2.51. The number of nitrogens with one attached hydrogen (secondary N) is 3. The second kappa shape index (κ2) is 34.4. The highest BCUT2D eigenvalue weighted by Gasteiger charge is 2.68. The molecule has 31 heteroatoms. The van der Waals surface area contributed by atoms with Crippen LogP contribution < -0.4 is 26.5 Å². The number of carbonyl (C=O) groups excluding carboxylic acids is 3. The average molecular weight is 1570 g/mol. The van der Waals surface area contributed by atoms with Crippen molar-refractivity contribution >= 4 is 52.2 Å². The summed E-state index contributed by atoms with van der Waals surface area (Å²) in [5, 5.41) is 0.769. The minimum Gasteiger partial charge on any atom is -0.494 e. The van der Waals surface area contributed by atoms with Crippen LogP contribution in [0.3, 0.4) is 0 Å². The van der Waals surface area contributed by atoms with Gasteiger partial charge in [0.15, 0.2) is 34.5 Å². The van der Waals surface area contributed by atoms with Gasteiger partial charge < -0.3 is 14.2 Å². The Morgan fingerprint density at radius 3 is 1.19 bits per heavy atom. The standard InChI is InChI=1S/C27H25ClF5N3O3.C25H25ClF3N3O4.C25H26ClF2N3O2/c1-25(26(2,29)30,27(31,32)33)21(37)12-6-15-5-11-20(28)19(13-15)23-34-22(35-24(38)36-23)17-7-9-18(10-8-17)39-14-16-3-4-16;1-4-13-36-17-9-7-16(8-10-17)21-30-22(32-23(34)31-21)18-14-15(5-11-19(18)26)6-12-20(33)24(2,35-3)25(27,28)29;1-14-6-9-17(12-15(14)2)21-29-22(31-23(33)30-21)18-13-16(7-10-19(18)26)8-11-20(32)24(3,4)25(5,27)28/h5,7-11,13,16H,3-4,6,12,14H2,1-2H3,(H,34,35,36,38);5,7-11,14H,4,6,12-13H2,1-3H3,(H,30,31,32,34);6-7,9-10,12-13H,8,11H2,1-5H3,(H,29,30,31,33)/t;24-;/m.1./s1. The second-order valence-corrected chi connectivity index (χ2v) is 28.1. The zero-order valence-corrected chi connectivity index (χ0v) is 62.4. The van der Waals surface area contributed by atoms with Gasteiger partial charge in [-0.05, 0) is 205 Å². The van der Waals surface area contributed by atoms with Crippen molar-refractivity contribution < 1.29 is 72.5 Å². The number of hydrogen-bond donors (Lipinski definition) is 3. The van der Waals surface area contributed by atoms with Crippen LogP contribution >= 0.6 is 34.8 Å². The van der Waals surface area contributed by atoms with E-state index in [9.17, 15) is 72.7 Å². The predicted octanol–water partition coefficient (Wildman–Crippen LogP) is 18.0. The highest BCUT2D eigenvalue weighted by atomic mass is 35.5. The molecule has 1 fully saturated rings. The normalized spacial score (nSPS) is 13.8. The van der Waals surface area contributed by atoms with E-state index >= 15 is 0 Å². The number of ether oxygens (including phenoxy) is 3. The van der Waals surface area contributed by atoms with Gasteiger partial charge >= 0.3 is 29.4 Å². The molecule has 10 rings (SSSR count). The summed E-state index contributed by atoms with van der Waals surface area (Å²) < 4.78 is 151. The van der Waals surface area contributed by atoms with Crippen molar-refractivity contribution in [1.29, 1.82) is 0 Å². The van der Waals surface area contributed by atoms with Crippen molar-refractivity contribution in [3.8, 4) is 79.8 Å². The number of aromatic nitrogens is 9. The van der Waals surface area contributed by atoms with E-state index in [1.54, 1.807) is 78.9 Å². The largest absolute Gasteiger partial charge is 0.494 e. The molecule has 0 aliphatic heterocycles. The van der Waals surface area contributed by atoms with Gasteiger partial charge in [-0.3, -0.25) is 29.3 Å². The molecule has 1 aliphatic carbocycles. The summed E-state index contributed by atoms with van der Waals surface area (Å²) in [7, 11) is 0.848. The van der Waals surface area contributed by atoms with Crippen LogP contribution in [0.2, 0.25) is 15.1 Å². The summed E-state index contributed by atoms with van der Waals surface area (Å²) in [6.07, 6.45) is -8.38. The quantitative estimate of drug-likeness (QED) is 0.0405. The average Bonchev–Trinajstić information content (AvgIpc) is 0.848. The minimum atomic E-state index is -5.44. The topological polar surface area (TPSA) is 255 Å². The van der Waals surface area contributed by atoms with E-state index in [2.05, 4.69) is 49.6 Å². The van der Waals surface area contributed by atoms with Crippen molar-refractivity contribution in [3.05, 3.63) is 196 Å². The lowest BCUT2D eigenvalue weighted by Crippen LogP contribution is -2.54. The zero-order chi connectivity index (χ0) is 79.6. The molecule has 18 nitrogen and oxygen atoms in total. The maximum absolute atomic E-state index is 13.9. The van der Waals surface area contributed by atoms with E-state index in [-0.39, 0.29) is 90.1 Å². The number of carbonyl (C=O) groups is 3. The Hall–Kier alpha value is -9.51. The lowest BCUT2D eigenvalue weighted by molar-refractivity contribution is -0.274. The number of nitrogens with zero attached hydrogens (tertiary/aromatic N) is 6. The number of aromatic amines is 3. The summed E-state index contributed by atoms with van der Waals surface area (Å²) in [5.41, 5.74) is -3.85. The molecule has 0 saturated heterocycles. The number of aryl methyl sites for hydroxylation is 5. The molecule has 1 aliphatic rings. The lowest BCUT2D eigenvalue weighted by Gasteiger charge is -2.35. The van der Waals surface area contributed by atoms with E-state index in [4.69, 9.17) is 44.3 Å². The number of H-pyrrole nitrogens is 3. The zero-order valence-electron chi connectivity index (χ0n) is 60.2. The molecule has 0 radical (unpaired) electrons. The van der Waals surface area contributed by atoms with E-state index in [0.29, 0.717) is 87.1 Å². The molecule has 0 amide bonds. The Labute approximate surface area is 628 Å². The van der Waals surface area contributed by atoms with Gasteiger partial charge in [-0.1, -0.05) is 72.1 Å². The summed E-state index contributed by atoms with van der Waals surface area (Å²) >= 11 is 19.0. The van der Waals surface area contributed by atoms with Crippen molar-refractivity contribution in [2.75, 3.05) is 20.3 Å². The Morgan fingerprint density at radius 2 is 0.843 bits per heavy atom. The number of ketones is 3. The fourth-order valence-electron chi connectivity index (χ4n) is 10.5. The van der Waals surface area contributed by atoms with Gasteiger partial charge in [0.2, 0.25) is 5.60 Å². The first kappa shape index (κ1) is 84.1. The summed E-state index contributed by atoms with van der Waals surface area (Å²) in [4.78, 5) is 107. The van der Waals surface area contributed by atoms with Crippen molar-refractivity contribution in [3.63, 3.8) is 0 Å². The molecule has 0 bridgehead atoms. The number of benzene rings is 6. The van der Waals surface area contributed by atoms with Crippen molar-refractivity contribution in [2.24, 2.45) is 16.7 Å². The summed E-state index contributed by atoms with van der Waals surface area (Å²) in [6.45, 7) is 11.4. The van der Waals surface area contributed by atoms with Crippen LogP contribution in [0.5, 0.6) is 11.5 Å². The number of hydrogen-bond acceptors (Lipinski definition) is 15. The van der Waals surface area contributed by atoms with E-state index in [1.165, 1.54) is 38.1 Å². The van der Waals surface area contributed by atoms with Gasteiger partial charge in [0.1, 0.15) is 34.8 Å². The molecule has 1 unspecified atom stereocenters. The maximum Gasteiger partial charge on any atom is 0.424 e. The molecule has 3 N–H and O–H groups in total. The monoisotopic (exact) mass is 1570 g/mol. The number of methoxy groups -OCH3 is 1. The molecule has 9 aromatic rings. The summed E-state index contributed by atoms with van der Waals surface area (Å²) in [6, 6.07) is 33.5. The molecule has 1 saturated carbocycles. The number of rotatable bonds is 27. The molecular weight excluding hydrogens is 1490 g/mol. The molecule has 3 aromatic heterocycles. The van der Waals surface area contributed by atoms with Crippen LogP contribution in [-0.2, 0) is 38.4 Å². The Kier molecular flexibility index (Phi) is 26.8. The van der Waals surface area contributed by atoms with Gasteiger partial charge in [0.25, 0.3) is 11.8 Å². The SMILES string of the molecule is CC(F)(F)C(C)(C(=O)CCc1ccc(Cl)c(-c2nc(-c3ccc(OCC4CC4)cc3)nc(=O)[nH]2)c1)C(F)(F)F.CCCOc1ccc(-c2nc(-c3cc(CCC(=O)[C@@](C)(OC)C(F)(F)F)ccc3Cl)[nH]c(=O)n2)cc1.Cc1ccc(-c2nc(-c3cc(CCC(=O)C(C)(C)C(C)(F)F)ccc3Cl)[nH]c(=O)n2)cc1C. The Bertz CT molecular complexity index is 4910. The fraction of sp³-hybridized carbons (Fsp3) is 0.377. The molecule has 2 atom stereocenters. The minimum absolute atomic E-state index is 0.000568. The van der Waals surface area contributed by atoms with Gasteiger partial charge in [-0.25, -0.2) is 46.9 Å². The smallest absolute Gasteiger partial charge is 0.424 e. The van der Waals surface area contributed by atoms with Crippen LogP contribution in [0.4, 0.5) is 43.9 Å². The number of alkyl halides is 10. The first-order valence-corrected chi connectivity index (χ1v) is 35.0. The van der Waals surface area contributed by atoms with E-state index < -0.39 is 87.9 Å². The third-order valence-electron chi connectivity index (χ3n) is 18.7. The van der Waals surface area contributed by atoms with Crippen molar-refractivity contribution in [2.45, 2.75) is 150 Å². The van der Waals surface area contributed by atoms with Gasteiger partial charge in [-0.15, -0.1) is 0 Å². The first-order valence-electron chi connectivity index (χ1n) is 33.9. The number of halogens is 13. The molecule has 0 spiro atoms. The van der Waals surface area contributed by atoms with Crippen LogP contribution in [-0.4, -0.2) is 112 Å². The first-order chi connectivity index (χ1) is 50.5. The third kappa shape index (κ3) is 20.6.